The van der Waals surface area contributed by atoms with Gasteiger partial charge in [-0.05, 0) is 24.3 Å². The van der Waals surface area contributed by atoms with Crippen molar-refractivity contribution in [1.29, 1.82) is 0 Å². The Hall–Kier alpha value is -2.36. The van der Waals surface area contributed by atoms with Crippen molar-refractivity contribution in [2.24, 2.45) is 0 Å². The Kier molecular flexibility index (Phi) is 3.70. The summed E-state index contributed by atoms with van der Waals surface area (Å²) in [5.74, 6) is 0.634. The molecule has 0 saturated carbocycles. The van der Waals surface area contributed by atoms with Crippen LogP contribution in [-0.4, -0.2) is 17.6 Å². The van der Waals surface area contributed by atoms with Gasteiger partial charge in [0.2, 0.25) is 0 Å². The van der Waals surface area contributed by atoms with Gasteiger partial charge in [-0.1, -0.05) is 24.3 Å². The predicted molar refractivity (Wildman–Crippen MR) is 66.6 cm³/mol. The third-order valence-electron chi connectivity index (χ3n) is 2.22. The topological polar surface area (TPSA) is 54.0 Å². The SMILES string of the molecule is O=C(NCNc1ccccn1)c1ccccc1. The van der Waals surface area contributed by atoms with Gasteiger partial charge < -0.3 is 10.6 Å². The molecule has 0 aliphatic rings. The molecule has 0 radical (unpaired) electrons. The summed E-state index contributed by atoms with van der Waals surface area (Å²) >= 11 is 0. The van der Waals surface area contributed by atoms with E-state index < -0.39 is 0 Å². The number of rotatable bonds is 4. The van der Waals surface area contributed by atoms with Crippen LogP contribution < -0.4 is 10.6 Å². The maximum absolute atomic E-state index is 11.7. The van der Waals surface area contributed by atoms with E-state index in [1.54, 1.807) is 18.3 Å². The minimum absolute atomic E-state index is 0.103. The molecule has 0 saturated heterocycles. The zero-order valence-electron chi connectivity index (χ0n) is 9.26. The molecule has 0 unspecified atom stereocenters. The lowest BCUT2D eigenvalue weighted by atomic mass is 10.2. The molecule has 0 fully saturated rings. The highest BCUT2D eigenvalue weighted by Gasteiger charge is 2.02. The van der Waals surface area contributed by atoms with Crippen LogP contribution in [-0.2, 0) is 0 Å². The number of pyridine rings is 1. The van der Waals surface area contributed by atoms with Crippen LogP contribution in [0.3, 0.4) is 0 Å². The Bertz CT molecular complexity index is 471. The molecule has 2 N–H and O–H groups in total. The molecule has 0 bridgehead atoms. The molecule has 1 aromatic heterocycles. The van der Waals surface area contributed by atoms with E-state index in [0.29, 0.717) is 12.2 Å². The molecular weight excluding hydrogens is 214 g/mol. The van der Waals surface area contributed by atoms with Crippen molar-refractivity contribution < 1.29 is 4.79 Å². The lowest BCUT2D eigenvalue weighted by molar-refractivity contribution is 0.0956. The quantitative estimate of drug-likeness (QED) is 0.784. The van der Waals surface area contributed by atoms with Crippen LogP contribution in [0.2, 0.25) is 0 Å². The number of carbonyl (C=O) groups is 1. The highest BCUT2D eigenvalue weighted by atomic mass is 16.1. The van der Waals surface area contributed by atoms with Crippen LogP contribution in [0.5, 0.6) is 0 Å². The van der Waals surface area contributed by atoms with Crippen molar-refractivity contribution >= 4 is 11.7 Å². The first-order valence-electron chi connectivity index (χ1n) is 5.34. The van der Waals surface area contributed by atoms with Crippen LogP contribution in [0.15, 0.2) is 54.7 Å². The summed E-state index contributed by atoms with van der Waals surface area (Å²) in [6, 6.07) is 14.7. The maximum Gasteiger partial charge on any atom is 0.252 e. The lowest BCUT2D eigenvalue weighted by Gasteiger charge is -2.07. The van der Waals surface area contributed by atoms with Crippen molar-refractivity contribution in [2.45, 2.75) is 0 Å². The number of benzene rings is 1. The van der Waals surface area contributed by atoms with Gasteiger partial charge >= 0.3 is 0 Å². The van der Waals surface area contributed by atoms with Crippen molar-refractivity contribution in [1.82, 2.24) is 10.3 Å². The van der Waals surface area contributed by atoms with Gasteiger partial charge in [-0.15, -0.1) is 0 Å². The Labute approximate surface area is 99.7 Å². The molecule has 0 atom stereocenters. The zero-order valence-corrected chi connectivity index (χ0v) is 9.26. The smallest absolute Gasteiger partial charge is 0.252 e. The van der Waals surface area contributed by atoms with Crippen LogP contribution in [0.4, 0.5) is 5.82 Å². The van der Waals surface area contributed by atoms with Gasteiger partial charge in [0.1, 0.15) is 5.82 Å². The van der Waals surface area contributed by atoms with Crippen LogP contribution in [0.1, 0.15) is 10.4 Å². The molecule has 1 heterocycles. The minimum Gasteiger partial charge on any atom is -0.353 e. The fourth-order valence-electron chi connectivity index (χ4n) is 1.37. The normalized spacial score (nSPS) is 9.65. The Morgan fingerprint density at radius 2 is 1.82 bits per heavy atom. The number of hydrogen-bond acceptors (Lipinski definition) is 3. The summed E-state index contributed by atoms with van der Waals surface area (Å²) in [6.07, 6.45) is 1.70. The van der Waals surface area contributed by atoms with E-state index in [1.807, 2.05) is 36.4 Å². The standard InChI is InChI=1S/C13H13N3O/c17-13(11-6-2-1-3-7-11)16-10-15-12-8-4-5-9-14-12/h1-9H,10H2,(H,14,15)(H,16,17). The van der Waals surface area contributed by atoms with Crippen LogP contribution in [0.25, 0.3) is 0 Å². The van der Waals surface area contributed by atoms with Gasteiger partial charge in [0.05, 0.1) is 6.67 Å². The Balaban J connectivity index is 1.82. The van der Waals surface area contributed by atoms with Crippen molar-refractivity contribution in [3.8, 4) is 0 Å². The minimum atomic E-state index is -0.103. The summed E-state index contributed by atoms with van der Waals surface area (Å²) in [6.45, 7) is 0.352. The zero-order chi connectivity index (χ0) is 11.9. The summed E-state index contributed by atoms with van der Waals surface area (Å²) in [4.78, 5) is 15.7. The molecule has 17 heavy (non-hydrogen) atoms. The largest absolute Gasteiger partial charge is 0.353 e. The molecule has 4 nitrogen and oxygen atoms in total. The number of anilines is 1. The first kappa shape index (κ1) is 11.1. The second kappa shape index (κ2) is 5.65. The average Bonchev–Trinajstić information content (AvgIpc) is 2.41. The summed E-state index contributed by atoms with van der Waals surface area (Å²) in [5.41, 5.74) is 0.648. The van der Waals surface area contributed by atoms with Crippen LogP contribution >= 0.6 is 0 Å². The maximum atomic E-state index is 11.7. The van der Waals surface area contributed by atoms with E-state index in [-0.39, 0.29) is 5.91 Å². The highest BCUT2D eigenvalue weighted by Crippen LogP contribution is 1.99. The number of nitrogens with zero attached hydrogens (tertiary/aromatic N) is 1. The number of aromatic nitrogens is 1. The molecule has 1 amide bonds. The van der Waals surface area contributed by atoms with Gasteiger partial charge in [-0.2, -0.15) is 0 Å². The molecule has 0 spiro atoms. The molecule has 86 valence electrons. The lowest BCUT2D eigenvalue weighted by Crippen LogP contribution is -2.29. The first-order chi connectivity index (χ1) is 8.36. The molecule has 4 heteroatoms. The van der Waals surface area contributed by atoms with Crippen molar-refractivity contribution in [3.63, 3.8) is 0 Å². The van der Waals surface area contributed by atoms with Gasteiger partial charge in [-0.25, -0.2) is 4.98 Å². The molecule has 2 aromatic rings. The molecule has 0 aliphatic carbocycles. The van der Waals surface area contributed by atoms with E-state index in [9.17, 15) is 4.79 Å². The van der Waals surface area contributed by atoms with Gasteiger partial charge in [0.15, 0.2) is 0 Å². The average molecular weight is 227 g/mol. The highest BCUT2D eigenvalue weighted by molar-refractivity contribution is 5.94. The van der Waals surface area contributed by atoms with E-state index in [4.69, 9.17) is 0 Å². The Morgan fingerprint density at radius 3 is 2.53 bits per heavy atom. The second-order valence-electron chi connectivity index (χ2n) is 3.44. The number of amides is 1. The third kappa shape index (κ3) is 3.31. The molecule has 2 rings (SSSR count). The number of nitrogens with one attached hydrogen (secondary N) is 2. The van der Waals surface area contributed by atoms with Gasteiger partial charge in [-0.3, -0.25) is 4.79 Å². The molecule has 1 aromatic carbocycles. The first-order valence-corrected chi connectivity index (χ1v) is 5.34. The summed E-state index contributed by atoms with van der Waals surface area (Å²) < 4.78 is 0. The van der Waals surface area contributed by atoms with Gasteiger partial charge in [0.25, 0.3) is 5.91 Å². The van der Waals surface area contributed by atoms with Crippen molar-refractivity contribution in [2.75, 3.05) is 12.0 Å². The fourth-order valence-corrected chi connectivity index (χ4v) is 1.37. The molecular formula is C13H13N3O. The van der Waals surface area contributed by atoms with E-state index in [2.05, 4.69) is 15.6 Å². The summed E-state index contributed by atoms with van der Waals surface area (Å²) in [7, 11) is 0. The van der Waals surface area contributed by atoms with E-state index >= 15 is 0 Å². The number of hydrogen-bond donors (Lipinski definition) is 2. The number of carbonyl (C=O) groups excluding carboxylic acids is 1. The third-order valence-corrected chi connectivity index (χ3v) is 2.22. The van der Waals surface area contributed by atoms with E-state index in [0.717, 1.165) is 5.82 Å². The monoisotopic (exact) mass is 227 g/mol. The van der Waals surface area contributed by atoms with E-state index in [1.165, 1.54) is 0 Å². The predicted octanol–water partition coefficient (Wildman–Crippen LogP) is 1.88. The Morgan fingerprint density at radius 1 is 1.06 bits per heavy atom. The fraction of sp³-hybridized carbons (Fsp3) is 0.0769. The second-order valence-corrected chi connectivity index (χ2v) is 3.44. The molecule has 0 aliphatic heterocycles. The summed E-state index contributed by atoms with van der Waals surface area (Å²) in [5, 5.41) is 5.76. The van der Waals surface area contributed by atoms with Crippen LogP contribution in [0, 0.1) is 0 Å². The van der Waals surface area contributed by atoms with Crippen molar-refractivity contribution in [3.05, 3.63) is 60.3 Å². The van der Waals surface area contributed by atoms with Gasteiger partial charge in [0, 0.05) is 11.8 Å².